The standard InChI is InChI=1S/C33H26O/c1-2-25-13-19-30(20-14-25)33(34,31-21-15-28(16-22-31)26-9-5-3-6-10-26)32-23-17-29(18-24-32)27-11-7-4-8-12-27/h2-24,34H,1H2. The van der Waals surface area contributed by atoms with Crippen molar-refractivity contribution in [1.82, 2.24) is 0 Å². The Bertz CT molecular complexity index is 1280. The van der Waals surface area contributed by atoms with E-state index in [1.807, 2.05) is 91.0 Å². The van der Waals surface area contributed by atoms with Crippen LogP contribution >= 0.6 is 0 Å². The van der Waals surface area contributed by atoms with E-state index in [9.17, 15) is 5.11 Å². The molecule has 5 rings (SSSR count). The van der Waals surface area contributed by atoms with Crippen LogP contribution in [0.15, 0.2) is 140 Å². The van der Waals surface area contributed by atoms with Gasteiger partial charge in [-0.15, -0.1) is 0 Å². The van der Waals surface area contributed by atoms with Gasteiger partial charge in [-0.3, -0.25) is 0 Å². The molecule has 0 atom stereocenters. The van der Waals surface area contributed by atoms with E-state index in [-0.39, 0.29) is 0 Å². The first kappa shape index (κ1) is 21.6. The fourth-order valence-corrected chi connectivity index (χ4v) is 4.43. The van der Waals surface area contributed by atoms with E-state index in [4.69, 9.17) is 0 Å². The van der Waals surface area contributed by atoms with Crippen LogP contribution in [0.5, 0.6) is 0 Å². The van der Waals surface area contributed by atoms with Crippen LogP contribution in [0.4, 0.5) is 0 Å². The molecular formula is C33H26O. The van der Waals surface area contributed by atoms with E-state index in [1.54, 1.807) is 0 Å². The summed E-state index contributed by atoms with van der Waals surface area (Å²) in [6.07, 6.45) is 1.81. The highest BCUT2D eigenvalue weighted by molar-refractivity contribution is 5.66. The summed E-state index contributed by atoms with van der Waals surface area (Å²) in [5.41, 5.74) is 6.74. The molecule has 164 valence electrons. The third-order valence-corrected chi connectivity index (χ3v) is 6.38. The Hall–Kier alpha value is -4.20. The van der Waals surface area contributed by atoms with Crippen molar-refractivity contribution in [3.63, 3.8) is 0 Å². The lowest BCUT2D eigenvalue weighted by Crippen LogP contribution is -2.28. The molecule has 34 heavy (non-hydrogen) atoms. The third-order valence-electron chi connectivity index (χ3n) is 6.38. The lowest BCUT2D eigenvalue weighted by Gasteiger charge is -2.30. The molecule has 0 aromatic heterocycles. The normalized spacial score (nSPS) is 11.2. The van der Waals surface area contributed by atoms with E-state index in [2.05, 4.69) is 55.1 Å². The summed E-state index contributed by atoms with van der Waals surface area (Å²) in [4.78, 5) is 0. The largest absolute Gasteiger partial charge is 0.376 e. The van der Waals surface area contributed by atoms with Crippen LogP contribution in [0, 0.1) is 0 Å². The molecule has 0 radical (unpaired) electrons. The Morgan fingerprint density at radius 2 is 0.765 bits per heavy atom. The number of aliphatic hydroxyl groups is 1. The predicted octanol–water partition coefficient (Wildman–Crippen LogP) is 7.95. The minimum Gasteiger partial charge on any atom is -0.376 e. The SMILES string of the molecule is C=Cc1ccc(C(O)(c2ccc(-c3ccccc3)cc2)c2ccc(-c3ccccc3)cc2)cc1. The van der Waals surface area contributed by atoms with Crippen LogP contribution in [0.2, 0.25) is 0 Å². The van der Waals surface area contributed by atoms with Gasteiger partial charge in [-0.2, -0.15) is 0 Å². The van der Waals surface area contributed by atoms with Gasteiger partial charge < -0.3 is 5.11 Å². The van der Waals surface area contributed by atoms with Crippen molar-refractivity contribution in [2.24, 2.45) is 0 Å². The van der Waals surface area contributed by atoms with Gasteiger partial charge in [0.2, 0.25) is 0 Å². The zero-order chi connectivity index (χ0) is 23.4. The minimum atomic E-state index is -1.29. The summed E-state index contributed by atoms with van der Waals surface area (Å²) in [7, 11) is 0. The van der Waals surface area contributed by atoms with Gasteiger partial charge in [0.1, 0.15) is 5.60 Å². The molecule has 1 N–H and O–H groups in total. The van der Waals surface area contributed by atoms with Gasteiger partial charge in [-0.1, -0.05) is 146 Å². The Kier molecular flexibility index (Phi) is 5.95. The van der Waals surface area contributed by atoms with E-state index in [0.717, 1.165) is 44.5 Å². The topological polar surface area (TPSA) is 20.2 Å². The van der Waals surface area contributed by atoms with E-state index in [1.165, 1.54) is 0 Å². The first-order valence-electron chi connectivity index (χ1n) is 11.5. The molecule has 1 nitrogen and oxygen atoms in total. The zero-order valence-corrected chi connectivity index (χ0v) is 18.9. The molecule has 0 saturated carbocycles. The monoisotopic (exact) mass is 438 g/mol. The molecule has 1 heteroatoms. The van der Waals surface area contributed by atoms with Crippen molar-refractivity contribution in [1.29, 1.82) is 0 Å². The predicted molar refractivity (Wildman–Crippen MR) is 142 cm³/mol. The average Bonchev–Trinajstić information content (AvgIpc) is 2.94. The van der Waals surface area contributed by atoms with E-state index < -0.39 is 5.60 Å². The van der Waals surface area contributed by atoms with Crippen LogP contribution in [0.25, 0.3) is 28.3 Å². The molecule has 0 amide bonds. The highest BCUT2D eigenvalue weighted by atomic mass is 16.3. The smallest absolute Gasteiger partial charge is 0.140 e. The molecule has 0 bridgehead atoms. The summed E-state index contributed by atoms with van der Waals surface area (Å²) < 4.78 is 0. The first-order valence-corrected chi connectivity index (χ1v) is 11.5. The van der Waals surface area contributed by atoms with Gasteiger partial charge in [0.05, 0.1) is 0 Å². The maximum Gasteiger partial charge on any atom is 0.140 e. The van der Waals surface area contributed by atoms with Crippen LogP contribution in [0.3, 0.4) is 0 Å². The molecule has 0 aliphatic rings. The van der Waals surface area contributed by atoms with Crippen LogP contribution in [0.1, 0.15) is 22.3 Å². The van der Waals surface area contributed by atoms with Crippen LogP contribution in [-0.2, 0) is 5.60 Å². The fourth-order valence-electron chi connectivity index (χ4n) is 4.43. The van der Waals surface area contributed by atoms with Crippen molar-refractivity contribution >= 4 is 6.08 Å². The van der Waals surface area contributed by atoms with Gasteiger partial charge in [0.15, 0.2) is 0 Å². The van der Waals surface area contributed by atoms with Gasteiger partial charge in [-0.05, 0) is 44.5 Å². The van der Waals surface area contributed by atoms with Crippen molar-refractivity contribution in [2.75, 3.05) is 0 Å². The minimum absolute atomic E-state index is 0.818. The van der Waals surface area contributed by atoms with Gasteiger partial charge >= 0.3 is 0 Å². The molecule has 5 aromatic carbocycles. The van der Waals surface area contributed by atoms with Gasteiger partial charge in [0.25, 0.3) is 0 Å². The summed E-state index contributed by atoms with van der Waals surface area (Å²) in [5, 5.41) is 12.3. The zero-order valence-electron chi connectivity index (χ0n) is 18.9. The Balaban J connectivity index is 1.60. The van der Waals surface area contributed by atoms with Crippen molar-refractivity contribution in [3.8, 4) is 22.3 Å². The number of hydrogen-bond donors (Lipinski definition) is 1. The second-order valence-corrected chi connectivity index (χ2v) is 8.42. The Morgan fingerprint density at radius 1 is 0.441 bits per heavy atom. The molecule has 0 saturated heterocycles. The Labute approximate surface area is 201 Å². The lowest BCUT2D eigenvalue weighted by molar-refractivity contribution is 0.126. The lowest BCUT2D eigenvalue weighted by atomic mass is 9.79. The fraction of sp³-hybridized carbons (Fsp3) is 0.0303. The summed E-state index contributed by atoms with van der Waals surface area (Å²) in [5.74, 6) is 0. The first-order chi connectivity index (χ1) is 16.7. The number of rotatable bonds is 6. The van der Waals surface area contributed by atoms with Crippen molar-refractivity contribution in [3.05, 3.63) is 162 Å². The van der Waals surface area contributed by atoms with E-state index >= 15 is 0 Å². The van der Waals surface area contributed by atoms with Gasteiger partial charge in [-0.25, -0.2) is 0 Å². The highest BCUT2D eigenvalue weighted by Crippen LogP contribution is 2.38. The maximum absolute atomic E-state index is 12.3. The molecule has 0 aliphatic heterocycles. The third kappa shape index (κ3) is 4.10. The summed E-state index contributed by atoms with van der Waals surface area (Å²) in [6.45, 7) is 3.85. The average molecular weight is 439 g/mol. The summed E-state index contributed by atoms with van der Waals surface area (Å²) >= 11 is 0. The van der Waals surface area contributed by atoms with Crippen molar-refractivity contribution < 1.29 is 5.11 Å². The molecule has 0 fully saturated rings. The second kappa shape index (κ2) is 9.35. The van der Waals surface area contributed by atoms with Crippen LogP contribution < -0.4 is 0 Å². The quantitative estimate of drug-likeness (QED) is 0.267. The molecule has 0 spiro atoms. The maximum atomic E-state index is 12.3. The molecule has 0 heterocycles. The molecule has 0 aliphatic carbocycles. The highest BCUT2D eigenvalue weighted by Gasteiger charge is 2.33. The number of hydrogen-bond acceptors (Lipinski definition) is 1. The molecular weight excluding hydrogens is 412 g/mol. The van der Waals surface area contributed by atoms with Gasteiger partial charge in [0, 0.05) is 0 Å². The van der Waals surface area contributed by atoms with Crippen LogP contribution in [-0.4, -0.2) is 5.11 Å². The molecule has 0 unspecified atom stereocenters. The summed E-state index contributed by atoms with van der Waals surface area (Å²) in [6, 6.07) is 44.9. The molecule has 5 aromatic rings. The second-order valence-electron chi connectivity index (χ2n) is 8.42. The van der Waals surface area contributed by atoms with Crippen molar-refractivity contribution in [2.45, 2.75) is 5.60 Å². The van der Waals surface area contributed by atoms with E-state index in [0.29, 0.717) is 0 Å². The Morgan fingerprint density at radius 3 is 1.12 bits per heavy atom. The number of benzene rings is 5.